The van der Waals surface area contributed by atoms with Crippen LogP contribution in [0.15, 0.2) is 52.0 Å². The Morgan fingerprint density at radius 1 is 1.27 bits per heavy atom. The summed E-state index contributed by atoms with van der Waals surface area (Å²) in [6.07, 6.45) is 1.69. The molecule has 0 fully saturated rings. The predicted molar refractivity (Wildman–Crippen MR) is 108 cm³/mol. The van der Waals surface area contributed by atoms with Crippen molar-refractivity contribution in [3.63, 3.8) is 0 Å². The van der Waals surface area contributed by atoms with Crippen LogP contribution in [0.4, 0.5) is 0 Å². The van der Waals surface area contributed by atoms with Gasteiger partial charge in [0.15, 0.2) is 5.82 Å². The van der Waals surface area contributed by atoms with E-state index in [1.165, 1.54) is 0 Å². The third kappa shape index (κ3) is 4.03. The summed E-state index contributed by atoms with van der Waals surface area (Å²) in [5.41, 5.74) is 1.70. The Morgan fingerprint density at radius 3 is 2.73 bits per heavy atom. The van der Waals surface area contributed by atoms with Crippen LogP contribution >= 0.6 is 28.1 Å². The molecule has 2 aromatic carbocycles. The number of aromatic amines is 1. The van der Waals surface area contributed by atoms with Crippen LogP contribution in [0.5, 0.6) is 11.5 Å². The van der Waals surface area contributed by atoms with Crippen molar-refractivity contribution >= 4 is 34.4 Å². The first-order chi connectivity index (χ1) is 12.6. The minimum absolute atomic E-state index is 0.402. The summed E-state index contributed by atoms with van der Waals surface area (Å²) in [5, 5.41) is 11.5. The topological polar surface area (TPSA) is 64.4 Å². The van der Waals surface area contributed by atoms with Crippen LogP contribution in [0.25, 0.3) is 11.4 Å². The molecular formula is C18H17BrN4O2S. The van der Waals surface area contributed by atoms with E-state index in [-0.39, 0.29) is 0 Å². The van der Waals surface area contributed by atoms with Crippen molar-refractivity contribution in [3.05, 3.63) is 57.3 Å². The van der Waals surface area contributed by atoms with E-state index in [1.54, 1.807) is 18.0 Å². The first kappa shape index (κ1) is 18.3. The maximum Gasteiger partial charge on any atom is 0.216 e. The summed E-state index contributed by atoms with van der Waals surface area (Å²) >= 11 is 8.76. The fourth-order valence-electron chi connectivity index (χ4n) is 2.38. The second-order valence-electron chi connectivity index (χ2n) is 5.25. The number of benzene rings is 2. The number of halogens is 1. The van der Waals surface area contributed by atoms with E-state index < -0.39 is 0 Å². The monoisotopic (exact) mass is 432 g/mol. The molecule has 8 heteroatoms. The van der Waals surface area contributed by atoms with Gasteiger partial charge in [-0.15, -0.1) is 0 Å². The molecule has 0 aliphatic heterocycles. The van der Waals surface area contributed by atoms with Crippen LogP contribution < -0.4 is 9.47 Å². The lowest BCUT2D eigenvalue weighted by atomic mass is 10.2. The molecule has 3 aromatic rings. The van der Waals surface area contributed by atoms with Gasteiger partial charge in [-0.2, -0.15) is 14.9 Å². The Bertz CT molecular complexity index is 980. The molecule has 0 bridgehead atoms. The van der Waals surface area contributed by atoms with Crippen LogP contribution in [-0.4, -0.2) is 34.8 Å². The molecule has 0 unspecified atom stereocenters. The van der Waals surface area contributed by atoms with Crippen molar-refractivity contribution in [1.29, 1.82) is 0 Å². The van der Waals surface area contributed by atoms with E-state index in [9.17, 15) is 0 Å². The quantitative estimate of drug-likeness (QED) is 0.454. The van der Waals surface area contributed by atoms with E-state index in [2.05, 4.69) is 31.2 Å². The smallest absolute Gasteiger partial charge is 0.216 e. The number of aromatic nitrogens is 3. The highest BCUT2D eigenvalue weighted by Crippen LogP contribution is 2.23. The Morgan fingerprint density at radius 2 is 2.04 bits per heavy atom. The van der Waals surface area contributed by atoms with Gasteiger partial charge in [0.05, 0.1) is 19.9 Å². The van der Waals surface area contributed by atoms with Gasteiger partial charge >= 0.3 is 0 Å². The summed E-state index contributed by atoms with van der Waals surface area (Å²) in [7, 11) is 1.62. The zero-order valence-corrected chi connectivity index (χ0v) is 16.7. The van der Waals surface area contributed by atoms with Gasteiger partial charge in [-0.05, 0) is 61.6 Å². The summed E-state index contributed by atoms with van der Waals surface area (Å²) in [4.78, 5) is 0. The molecule has 0 amide bonds. The van der Waals surface area contributed by atoms with Crippen molar-refractivity contribution < 1.29 is 9.47 Å². The normalized spacial score (nSPS) is 11.0. The number of methoxy groups -OCH3 is 1. The van der Waals surface area contributed by atoms with Gasteiger partial charge in [-0.3, -0.25) is 0 Å². The van der Waals surface area contributed by atoms with Crippen molar-refractivity contribution in [2.45, 2.75) is 6.92 Å². The molecule has 3 rings (SSSR count). The molecule has 0 saturated heterocycles. The highest BCUT2D eigenvalue weighted by atomic mass is 79.9. The third-order valence-corrected chi connectivity index (χ3v) is 4.34. The van der Waals surface area contributed by atoms with Gasteiger partial charge < -0.3 is 9.47 Å². The molecular weight excluding hydrogens is 416 g/mol. The van der Waals surface area contributed by atoms with Gasteiger partial charge in [0.1, 0.15) is 11.5 Å². The average Bonchev–Trinajstić information content (AvgIpc) is 3.01. The van der Waals surface area contributed by atoms with E-state index in [0.717, 1.165) is 27.1 Å². The molecule has 6 nitrogen and oxygen atoms in total. The SMILES string of the molecule is CCOc1ccc(-c2n[nH]c(=S)n2N=Cc2cc(Br)ccc2OC)cc1. The summed E-state index contributed by atoms with van der Waals surface area (Å²) < 4.78 is 13.7. The molecule has 26 heavy (non-hydrogen) atoms. The zero-order valence-electron chi connectivity index (χ0n) is 14.3. The first-order valence-corrected chi connectivity index (χ1v) is 9.11. The predicted octanol–water partition coefficient (Wildman–Crippen LogP) is 4.66. The second-order valence-corrected chi connectivity index (χ2v) is 6.55. The molecule has 1 heterocycles. The summed E-state index contributed by atoms with van der Waals surface area (Å²) in [5.74, 6) is 2.14. The van der Waals surface area contributed by atoms with E-state index in [0.29, 0.717) is 17.2 Å². The van der Waals surface area contributed by atoms with Gasteiger partial charge in [0, 0.05) is 15.6 Å². The highest BCUT2D eigenvalue weighted by molar-refractivity contribution is 9.10. The first-order valence-electron chi connectivity index (χ1n) is 7.91. The zero-order chi connectivity index (χ0) is 18.5. The molecule has 1 N–H and O–H groups in total. The number of hydrogen-bond donors (Lipinski definition) is 1. The number of rotatable bonds is 6. The number of H-pyrrole nitrogens is 1. The Kier molecular flexibility index (Phi) is 5.85. The largest absolute Gasteiger partial charge is 0.496 e. The average molecular weight is 433 g/mol. The Hall–Kier alpha value is -2.45. The van der Waals surface area contributed by atoms with E-state index in [4.69, 9.17) is 21.7 Å². The number of hydrogen-bond acceptors (Lipinski definition) is 5. The molecule has 134 valence electrons. The van der Waals surface area contributed by atoms with Gasteiger partial charge in [0.2, 0.25) is 4.77 Å². The fraction of sp³-hybridized carbons (Fsp3) is 0.167. The van der Waals surface area contributed by atoms with E-state index >= 15 is 0 Å². The lowest BCUT2D eigenvalue weighted by Gasteiger charge is -2.06. The van der Waals surface area contributed by atoms with Crippen LogP contribution in [0.1, 0.15) is 12.5 Å². The number of nitrogens with zero attached hydrogens (tertiary/aromatic N) is 3. The Labute approximate surface area is 164 Å². The molecule has 0 aliphatic rings. The lowest BCUT2D eigenvalue weighted by Crippen LogP contribution is -1.97. The molecule has 0 spiro atoms. The lowest BCUT2D eigenvalue weighted by molar-refractivity contribution is 0.340. The summed E-state index contributed by atoms with van der Waals surface area (Å²) in [6, 6.07) is 13.3. The third-order valence-electron chi connectivity index (χ3n) is 3.58. The maximum atomic E-state index is 5.47. The molecule has 0 saturated carbocycles. The minimum Gasteiger partial charge on any atom is -0.496 e. The highest BCUT2D eigenvalue weighted by Gasteiger charge is 2.09. The maximum absolute atomic E-state index is 5.47. The molecule has 0 atom stereocenters. The van der Waals surface area contributed by atoms with Crippen molar-refractivity contribution in [3.8, 4) is 22.9 Å². The van der Waals surface area contributed by atoms with Gasteiger partial charge in [-0.1, -0.05) is 15.9 Å². The number of ether oxygens (including phenoxy) is 2. The standard InChI is InChI=1S/C18H17BrN4O2S/c1-3-25-15-7-4-12(5-8-15)17-21-22-18(26)23(17)20-11-13-10-14(19)6-9-16(13)24-2/h4-11H,3H2,1-2H3,(H,22,26). The molecule has 1 aromatic heterocycles. The minimum atomic E-state index is 0.402. The van der Waals surface area contributed by atoms with Crippen LogP contribution in [-0.2, 0) is 0 Å². The fourth-order valence-corrected chi connectivity index (χ4v) is 2.94. The molecule has 0 aliphatic carbocycles. The van der Waals surface area contributed by atoms with Crippen molar-refractivity contribution in [2.24, 2.45) is 5.10 Å². The number of nitrogens with one attached hydrogen (secondary N) is 1. The van der Waals surface area contributed by atoms with Crippen LogP contribution in [0.3, 0.4) is 0 Å². The van der Waals surface area contributed by atoms with Crippen LogP contribution in [0, 0.1) is 4.77 Å². The molecule has 0 radical (unpaired) electrons. The van der Waals surface area contributed by atoms with Crippen molar-refractivity contribution in [1.82, 2.24) is 14.9 Å². The van der Waals surface area contributed by atoms with Crippen molar-refractivity contribution in [2.75, 3.05) is 13.7 Å². The summed E-state index contributed by atoms with van der Waals surface area (Å²) in [6.45, 7) is 2.57. The van der Waals surface area contributed by atoms with Crippen LogP contribution in [0.2, 0.25) is 0 Å². The second kappa shape index (κ2) is 8.29. The van der Waals surface area contributed by atoms with E-state index in [1.807, 2.05) is 49.4 Å². The van der Waals surface area contributed by atoms with Gasteiger partial charge in [0.25, 0.3) is 0 Å². The Balaban J connectivity index is 1.96. The van der Waals surface area contributed by atoms with Gasteiger partial charge in [-0.25, -0.2) is 5.10 Å².